The van der Waals surface area contributed by atoms with E-state index in [1.54, 1.807) is 24.3 Å². The molecule has 0 spiro atoms. The molecule has 0 radical (unpaired) electrons. The minimum atomic E-state index is -0.315. The normalized spacial score (nSPS) is 14.7. The first-order valence-electron chi connectivity index (χ1n) is 11.2. The zero-order chi connectivity index (χ0) is 23.0. The number of amides is 1. The molecule has 1 aliphatic rings. The summed E-state index contributed by atoms with van der Waals surface area (Å²) in [6, 6.07) is 17.8. The number of pyridine rings is 1. The molecule has 6 nitrogen and oxygen atoms in total. The molecule has 2 heterocycles. The predicted molar refractivity (Wildman–Crippen MR) is 124 cm³/mol. The Balaban J connectivity index is 1.26. The molecule has 0 bridgehead atoms. The summed E-state index contributed by atoms with van der Waals surface area (Å²) in [6.07, 6.45) is 3.29. The van der Waals surface area contributed by atoms with Crippen molar-refractivity contribution in [2.75, 3.05) is 26.3 Å². The van der Waals surface area contributed by atoms with Gasteiger partial charge in [0, 0.05) is 37.4 Å². The van der Waals surface area contributed by atoms with Crippen LogP contribution in [0.25, 0.3) is 11.3 Å². The summed E-state index contributed by atoms with van der Waals surface area (Å²) >= 11 is 0. The second kappa shape index (κ2) is 11.0. The Morgan fingerprint density at radius 1 is 1.12 bits per heavy atom. The van der Waals surface area contributed by atoms with Crippen molar-refractivity contribution in [1.29, 1.82) is 0 Å². The molecule has 0 atom stereocenters. The van der Waals surface area contributed by atoms with E-state index in [-0.39, 0.29) is 31.0 Å². The zero-order valence-corrected chi connectivity index (χ0v) is 18.4. The van der Waals surface area contributed by atoms with Gasteiger partial charge in [0.2, 0.25) is 0 Å². The van der Waals surface area contributed by atoms with Crippen LogP contribution in [0, 0.1) is 5.82 Å². The van der Waals surface area contributed by atoms with Crippen LogP contribution in [0.5, 0.6) is 5.75 Å². The van der Waals surface area contributed by atoms with Crippen LogP contribution in [-0.2, 0) is 6.54 Å². The predicted octanol–water partition coefficient (Wildman–Crippen LogP) is 3.65. The molecule has 172 valence electrons. The smallest absolute Gasteiger partial charge is 0.253 e. The lowest BCUT2D eigenvalue weighted by atomic mass is 10.0. The highest BCUT2D eigenvalue weighted by atomic mass is 19.1. The quantitative estimate of drug-likeness (QED) is 0.549. The third-order valence-corrected chi connectivity index (χ3v) is 5.73. The van der Waals surface area contributed by atoms with Crippen LogP contribution in [0.1, 0.15) is 28.8 Å². The van der Waals surface area contributed by atoms with E-state index >= 15 is 0 Å². The minimum Gasteiger partial charge on any atom is -0.491 e. The molecule has 7 heteroatoms. The molecule has 2 N–H and O–H groups in total. The molecule has 2 aromatic carbocycles. The van der Waals surface area contributed by atoms with Gasteiger partial charge in [-0.15, -0.1) is 0 Å². The number of nitrogens with zero attached hydrogens (tertiary/aromatic N) is 2. The summed E-state index contributed by atoms with van der Waals surface area (Å²) in [5, 5.41) is 12.0. The van der Waals surface area contributed by atoms with E-state index < -0.39 is 0 Å². The van der Waals surface area contributed by atoms with Crippen LogP contribution in [0.2, 0.25) is 0 Å². The van der Waals surface area contributed by atoms with Gasteiger partial charge in [-0.05, 0) is 54.8 Å². The van der Waals surface area contributed by atoms with Crippen molar-refractivity contribution in [1.82, 2.24) is 15.2 Å². The van der Waals surface area contributed by atoms with Gasteiger partial charge in [0.1, 0.15) is 18.2 Å². The molecular weight excluding hydrogens is 421 g/mol. The number of likely N-dealkylation sites (tertiary alicyclic amines) is 1. The molecular formula is C26H28FN3O3. The van der Waals surface area contributed by atoms with Gasteiger partial charge in [0.05, 0.1) is 17.9 Å². The zero-order valence-electron chi connectivity index (χ0n) is 18.4. The van der Waals surface area contributed by atoms with Gasteiger partial charge in [0.15, 0.2) is 0 Å². The Labute approximate surface area is 193 Å². The van der Waals surface area contributed by atoms with Gasteiger partial charge in [-0.3, -0.25) is 14.7 Å². The lowest BCUT2D eigenvalue weighted by Crippen LogP contribution is -2.44. The second-order valence-corrected chi connectivity index (χ2v) is 8.19. The maximum absolute atomic E-state index is 13.4. The van der Waals surface area contributed by atoms with Crippen molar-refractivity contribution in [2.24, 2.45) is 0 Å². The molecule has 4 rings (SSSR count). The molecule has 0 aliphatic carbocycles. The highest BCUT2D eigenvalue weighted by Gasteiger charge is 2.21. The number of aromatic nitrogens is 1. The van der Waals surface area contributed by atoms with E-state index in [2.05, 4.69) is 21.3 Å². The summed E-state index contributed by atoms with van der Waals surface area (Å²) in [7, 11) is 0. The van der Waals surface area contributed by atoms with Crippen molar-refractivity contribution in [3.63, 3.8) is 0 Å². The number of carbonyl (C=O) groups is 1. The van der Waals surface area contributed by atoms with Crippen LogP contribution < -0.4 is 10.1 Å². The van der Waals surface area contributed by atoms with E-state index in [0.29, 0.717) is 16.8 Å². The number of hydrogen-bond acceptors (Lipinski definition) is 5. The standard InChI is InChI=1S/C26H28FN3O3/c27-22-5-2-4-20(16-22)25-8-7-21(17-28-25)26(32)29-23-9-11-30(12-10-23)18-19-3-1-6-24(15-19)33-14-13-31/h1-8,15-17,23,31H,9-14,18H2,(H,29,32). The monoisotopic (exact) mass is 449 g/mol. The van der Waals surface area contributed by atoms with E-state index in [9.17, 15) is 9.18 Å². The van der Waals surface area contributed by atoms with Crippen molar-refractivity contribution < 1.29 is 19.0 Å². The van der Waals surface area contributed by atoms with Gasteiger partial charge >= 0.3 is 0 Å². The highest BCUT2D eigenvalue weighted by molar-refractivity contribution is 5.94. The fourth-order valence-corrected chi connectivity index (χ4v) is 4.01. The molecule has 1 saturated heterocycles. The van der Waals surface area contributed by atoms with Gasteiger partial charge in [0.25, 0.3) is 5.91 Å². The average molecular weight is 450 g/mol. The van der Waals surface area contributed by atoms with Gasteiger partial charge in [-0.2, -0.15) is 0 Å². The number of benzene rings is 2. The molecule has 33 heavy (non-hydrogen) atoms. The largest absolute Gasteiger partial charge is 0.491 e. The number of nitrogens with one attached hydrogen (secondary N) is 1. The van der Waals surface area contributed by atoms with Crippen molar-refractivity contribution >= 4 is 5.91 Å². The highest BCUT2D eigenvalue weighted by Crippen LogP contribution is 2.20. The number of rotatable bonds is 8. The minimum absolute atomic E-state index is 0.00330. The average Bonchev–Trinajstić information content (AvgIpc) is 2.84. The number of hydrogen-bond donors (Lipinski definition) is 2. The number of aliphatic hydroxyl groups excluding tert-OH is 1. The fourth-order valence-electron chi connectivity index (χ4n) is 4.01. The molecule has 1 aromatic heterocycles. The Morgan fingerprint density at radius 2 is 1.94 bits per heavy atom. The summed E-state index contributed by atoms with van der Waals surface area (Å²) in [5.74, 6) is 0.311. The molecule has 3 aromatic rings. The van der Waals surface area contributed by atoms with E-state index in [1.807, 2.05) is 18.2 Å². The Bertz CT molecular complexity index is 1070. The second-order valence-electron chi connectivity index (χ2n) is 8.19. The van der Waals surface area contributed by atoms with Gasteiger partial charge in [-0.25, -0.2) is 4.39 Å². The van der Waals surface area contributed by atoms with Crippen LogP contribution >= 0.6 is 0 Å². The lowest BCUT2D eigenvalue weighted by molar-refractivity contribution is 0.0908. The first kappa shape index (κ1) is 22.9. The van der Waals surface area contributed by atoms with E-state index in [1.165, 1.54) is 18.3 Å². The topological polar surface area (TPSA) is 74.7 Å². The van der Waals surface area contributed by atoms with Crippen LogP contribution in [0.4, 0.5) is 4.39 Å². The maximum atomic E-state index is 13.4. The molecule has 1 amide bonds. The van der Waals surface area contributed by atoms with Crippen LogP contribution in [0.3, 0.4) is 0 Å². The maximum Gasteiger partial charge on any atom is 0.253 e. The first-order chi connectivity index (χ1) is 16.1. The number of piperidine rings is 1. The van der Waals surface area contributed by atoms with Crippen LogP contribution in [-0.4, -0.2) is 53.2 Å². The van der Waals surface area contributed by atoms with E-state index in [0.717, 1.165) is 43.8 Å². The summed E-state index contributed by atoms with van der Waals surface area (Å²) in [5.41, 5.74) is 2.97. The SMILES string of the molecule is O=C(NC1CCN(Cc2cccc(OCCO)c2)CC1)c1ccc(-c2cccc(F)c2)nc1. The van der Waals surface area contributed by atoms with Crippen molar-refractivity contribution in [3.8, 4) is 17.0 Å². The molecule has 1 aliphatic heterocycles. The third-order valence-electron chi connectivity index (χ3n) is 5.73. The molecule has 0 saturated carbocycles. The summed E-state index contributed by atoms with van der Waals surface area (Å²) < 4.78 is 18.9. The van der Waals surface area contributed by atoms with Crippen molar-refractivity contribution in [2.45, 2.75) is 25.4 Å². The number of aliphatic hydroxyl groups is 1. The number of ether oxygens (including phenoxy) is 1. The molecule has 1 fully saturated rings. The first-order valence-corrected chi connectivity index (χ1v) is 11.2. The van der Waals surface area contributed by atoms with Crippen molar-refractivity contribution in [3.05, 3.63) is 83.8 Å². The fraction of sp³-hybridized carbons (Fsp3) is 0.308. The summed E-state index contributed by atoms with van der Waals surface area (Å²) in [6.45, 7) is 2.89. The van der Waals surface area contributed by atoms with E-state index in [4.69, 9.17) is 9.84 Å². The molecule has 0 unspecified atom stereocenters. The summed E-state index contributed by atoms with van der Waals surface area (Å²) in [4.78, 5) is 19.3. The van der Waals surface area contributed by atoms with Gasteiger partial charge in [-0.1, -0.05) is 24.3 Å². The lowest BCUT2D eigenvalue weighted by Gasteiger charge is -2.32. The number of carbonyl (C=O) groups excluding carboxylic acids is 1. The number of halogens is 1. The third kappa shape index (κ3) is 6.37. The Kier molecular flexibility index (Phi) is 7.65. The Hall–Kier alpha value is -3.29. The van der Waals surface area contributed by atoms with Crippen LogP contribution in [0.15, 0.2) is 66.9 Å². The Morgan fingerprint density at radius 3 is 2.67 bits per heavy atom. The van der Waals surface area contributed by atoms with Gasteiger partial charge < -0.3 is 15.2 Å².